The number of ether oxygens (including phenoxy) is 1. The van der Waals surface area contributed by atoms with Gasteiger partial charge in [-0.3, -0.25) is 0 Å². The van der Waals surface area contributed by atoms with Crippen molar-refractivity contribution in [2.45, 2.75) is 65.4 Å². The third-order valence-electron chi connectivity index (χ3n) is 3.58. The molecule has 122 valence electrons. The first-order valence-corrected chi connectivity index (χ1v) is 8.00. The maximum atomic E-state index is 12.1. The lowest BCUT2D eigenvalue weighted by atomic mass is 10.1. The van der Waals surface area contributed by atoms with Gasteiger partial charge in [0, 0.05) is 0 Å². The Balaban J connectivity index is 2.52. The molecular weight excluding hydrogens is 280 g/mol. The molecule has 0 spiro atoms. The summed E-state index contributed by atoms with van der Waals surface area (Å²) in [5.41, 5.74) is 1.15. The van der Waals surface area contributed by atoms with Gasteiger partial charge in [-0.1, -0.05) is 32.6 Å². The van der Waals surface area contributed by atoms with Crippen LogP contribution in [0.1, 0.15) is 78.7 Å². The zero-order valence-electron chi connectivity index (χ0n) is 13.7. The van der Waals surface area contributed by atoms with E-state index in [2.05, 4.69) is 6.92 Å². The number of aryl methyl sites for hydroxylation is 1. The molecule has 1 rings (SSSR count). The van der Waals surface area contributed by atoms with Gasteiger partial charge in [0.25, 0.3) is 0 Å². The fraction of sp³-hybridized carbons (Fsp3) is 0.556. The molecule has 0 saturated carbocycles. The average Bonchev–Trinajstić information content (AvgIpc) is 2.46. The molecule has 0 amide bonds. The molecule has 0 aliphatic rings. The molecule has 22 heavy (non-hydrogen) atoms. The molecule has 1 N–H and O–H groups in total. The van der Waals surface area contributed by atoms with Crippen molar-refractivity contribution in [2.75, 3.05) is 0 Å². The van der Waals surface area contributed by atoms with Gasteiger partial charge in [-0.05, 0) is 50.5 Å². The van der Waals surface area contributed by atoms with Crippen LogP contribution in [0.4, 0.5) is 0 Å². The van der Waals surface area contributed by atoms with Crippen LogP contribution in [0.15, 0.2) is 18.2 Å². The largest absolute Gasteiger partial charge is 0.478 e. The number of rotatable bonds is 9. The van der Waals surface area contributed by atoms with Crippen molar-refractivity contribution in [3.05, 3.63) is 34.9 Å². The van der Waals surface area contributed by atoms with E-state index in [1.54, 1.807) is 13.0 Å². The Morgan fingerprint density at radius 2 is 1.73 bits per heavy atom. The molecule has 1 aromatic rings. The lowest BCUT2D eigenvalue weighted by Gasteiger charge is -2.13. The van der Waals surface area contributed by atoms with Crippen LogP contribution < -0.4 is 0 Å². The molecule has 0 aliphatic carbocycles. The van der Waals surface area contributed by atoms with E-state index in [1.807, 2.05) is 6.92 Å². The summed E-state index contributed by atoms with van der Waals surface area (Å²) in [7, 11) is 0. The fourth-order valence-electron chi connectivity index (χ4n) is 2.37. The summed E-state index contributed by atoms with van der Waals surface area (Å²) in [5, 5.41) is 9.03. The van der Waals surface area contributed by atoms with Crippen LogP contribution in [0.5, 0.6) is 0 Å². The monoisotopic (exact) mass is 306 g/mol. The molecule has 4 nitrogen and oxygen atoms in total. The van der Waals surface area contributed by atoms with Crippen molar-refractivity contribution in [2.24, 2.45) is 0 Å². The standard InChI is InChI=1S/C18H26O4/c1-4-5-6-7-8-9-14(3)22-18(21)16-11-13(2)10-15(12-16)17(19)20/h10-12,14H,4-9H2,1-3H3,(H,19,20). The quantitative estimate of drug-likeness (QED) is 0.535. The molecule has 0 radical (unpaired) electrons. The van der Waals surface area contributed by atoms with E-state index in [0.717, 1.165) is 24.8 Å². The second kappa shape index (κ2) is 9.23. The molecule has 0 saturated heterocycles. The van der Waals surface area contributed by atoms with Crippen molar-refractivity contribution >= 4 is 11.9 Å². The van der Waals surface area contributed by atoms with Crippen molar-refractivity contribution in [1.29, 1.82) is 0 Å². The van der Waals surface area contributed by atoms with Gasteiger partial charge in [0.2, 0.25) is 0 Å². The summed E-state index contributed by atoms with van der Waals surface area (Å²) in [6.45, 7) is 5.82. The van der Waals surface area contributed by atoms with Gasteiger partial charge in [-0.25, -0.2) is 9.59 Å². The van der Waals surface area contributed by atoms with Gasteiger partial charge in [-0.2, -0.15) is 0 Å². The average molecular weight is 306 g/mol. The molecule has 4 heteroatoms. The highest BCUT2D eigenvalue weighted by atomic mass is 16.5. The van der Waals surface area contributed by atoms with Crippen molar-refractivity contribution in [1.82, 2.24) is 0 Å². The summed E-state index contributed by atoms with van der Waals surface area (Å²) in [5.74, 6) is -1.49. The number of esters is 1. The molecule has 0 bridgehead atoms. The third-order valence-corrected chi connectivity index (χ3v) is 3.58. The predicted molar refractivity (Wildman–Crippen MR) is 86.4 cm³/mol. The zero-order valence-corrected chi connectivity index (χ0v) is 13.7. The summed E-state index contributed by atoms with van der Waals surface area (Å²) in [6.07, 6.45) is 6.57. The van der Waals surface area contributed by atoms with Crippen LogP contribution in [0.2, 0.25) is 0 Å². The van der Waals surface area contributed by atoms with Crippen LogP contribution in [0, 0.1) is 6.92 Å². The SMILES string of the molecule is CCCCCCCC(C)OC(=O)c1cc(C)cc(C(=O)O)c1. The first-order chi connectivity index (χ1) is 10.4. The van der Waals surface area contributed by atoms with Crippen molar-refractivity contribution in [3.8, 4) is 0 Å². The maximum Gasteiger partial charge on any atom is 0.338 e. The second-order valence-corrected chi connectivity index (χ2v) is 5.81. The summed E-state index contributed by atoms with van der Waals surface area (Å²) in [4.78, 5) is 23.1. The minimum absolute atomic E-state index is 0.110. The minimum atomic E-state index is -1.04. The topological polar surface area (TPSA) is 63.6 Å². The van der Waals surface area contributed by atoms with Gasteiger partial charge in [0.1, 0.15) is 0 Å². The second-order valence-electron chi connectivity index (χ2n) is 5.81. The number of carboxylic acids is 1. The number of carbonyl (C=O) groups excluding carboxylic acids is 1. The summed E-state index contributed by atoms with van der Waals surface area (Å²) < 4.78 is 5.40. The molecular formula is C18H26O4. The first kappa shape index (κ1) is 18.2. The van der Waals surface area contributed by atoms with Crippen molar-refractivity contribution in [3.63, 3.8) is 0 Å². The number of hydrogen-bond donors (Lipinski definition) is 1. The fourth-order valence-corrected chi connectivity index (χ4v) is 2.37. The van der Waals surface area contributed by atoms with Crippen LogP contribution in [0.25, 0.3) is 0 Å². The van der Waals surface area contributed by atoms with Gasteiger partial charge < -0.3 is 9.84 Å². The Kier molecular flexibility index (Phi) is 7.64. The Morgan fingerprint density at radius 1 is 1.09 bits per heavy atom. The number of benzene rings is 1. The highest BCUT2D eigenvalue weighted by Crippen LogP contribution is 2.14. The van der Waals surface area contributed by atoms with Crippen LogP contribution in [0.3, 0.4) is 0 Å². The normalized spacial score (nSPS) is 12.0. The number of unbranched alkanes of at least 4 members (excludes halogenated alkanes) is 4. The predicted octanol–water partition coefficient (Wildman–Crippen LogP) is 4.60. The first-order valence-electron chi connectivity index (χ1n) is 8.00. The Bertz CT molecular complexity index is 508. The molecule has 1 unspecified atom stereocenters. The van der Waals surface area contributed by atoms with E-state index in [9.17, 15) is 9.59 Å². The van der Waals surface area contributed by atoms with Crippen LogP contribution >= 0.6 is 0 Å². The molecule has 0 aromatic heterocycles. The smallest absolute Gasteiger partial charge is 0.338 e. The van der Waals surface area contributed by atoms with E-state index < -0.39 is 11.9 Å². The third kappa shape index (κ3) is 6.29. The lowest BCUT2D eigenvalue weighted by Crippen LogP contribution is -2.15. The number of aromatic carboxylic acids is 1. The van der Waals surface area contributed by atoms with Gasteiger partial charge in [-0.15, -0.1) is 0 Å². The van der Waals surface area contributed by atoms with E-state index >= 15 is 0 Å². The molecule has 1 aromatic carbocycles. The summed E-state index contributed by atoms with van der Waals surface area (Å²) >= 11 is 0. The molecule has 1 atom stereocenters. The zero-order chi connectivity index (χ0) is 16.5. The van der Waals surface area contributed by atoms with Crippen molar-refractivity contribution < 1.29 is 19.4 Å². The van der Waals surface area contributed by atoms with E-state index in [-0.39, 0.29) is 11.7 Å². The Morgan fingerprint density at radius 3 is 2.36 bits per heavy atom. The highest BCUT2D eigenvalue weighted by molar-refractivity contribution is 5.95. The summed E-state index contributed by atoms with van der Waals surface area (Å²) in [6, 6.07) is 4.56. The lowest BCUT2D eigenvalue weighted by molar-refractivity contribution is 0.0319. The van der Waals surface area contributed by atoms with E-state index in [0.29, 0.717) is 5.56 Å². The van der Waals surface area contributed by atoms with E-state index in [4.69, 9.17) is 9.84 Å². The van der Waals surface area contributed by atoms with Gasteiger partial charge in [0.15, 0.2) is 0 Å². The molecule has 0 heterocycles. The van der Waals surface area contributed by atoms with Crippen LogP contribution in [-0.4, -0.2) is 23.1 Å². The van der Waals surface area contributed by atoms with Gasteiger partial charge in [0.05, 0.1) is 17.2 Å². The maximum absolute atomic E-state index is 12.1. The molecule has 0 aliphatic heterocycles. The molecule has 0 fully saturated rings. The Hall–Kier alpha value is -1.84. The van der Waals surface area contributed by atoms with Gasteiger partial charge >= 0.3 is 11.9 Å². The Labute approximate surface area is 132 Å². The van der Waals surface area contributed by atoms with Crippen LogP contribution in [-0.2, 0) is 4.74 Å². The number of hydrogen-bond acceptors (Lipinski definition) is 3. The number of carbonyl (C=O) groups is 2. The van der Waals surface area contributed by atoms with E-state index in [1.165, 1.54) is 31.4 Å². The highest BCUT2D eigenvalue weighted by Gasteiger charge is 2.15. The number of carboxylic acid groups (broad SMARTS) is 1. The minimum Gasteiger partial charge on any atom is -0.478 e.